The second kappa shape index (κ2) is 16.6. The lowest BCUT2D eigenvalue weighted by Crippen LogP contribution is -2.62. The van der Waals surface area contributed by atoms with E-state index in [2.05, 4.69) is 0 Å². The number of ether oxygens (including phenoxy) is 7. The van der Waals surface area contributed by atoms with Crippen molar-refractivity contribution in [3.05, 3.63) is 144 Å². The monoisotopic (exact) mass is 624 g/mol. The third-order valence-electron chi connectivity index (χ3n) is 7.99. The fourth-order valence-corrected chi connectivity index (χ4v) is 5.62. The van der Waals surface area contributed by atoms with Gasteiger partial charge in [0.25, 0.3) is 0 Å². The second-order valence-electron chi connectivity index (χ2n) is 11.5. The van der Waals surface area contributed by atoms with Crippen molar-refractivity contribution in [2.75, 3.05) is 13.2 Å². The lowest BCUT2D eigenvalue weighted by atomic mass is 9.97. The molecule has 0 N–H and O–H groups in total. The van der Waals surface area contributed by atoms with Gasteiger partial charge >= 0.3 is 5.97 Å². The Hall–Kier alpha value is -3.89. The molecule has 2 heterocycles. The molecule has 240 valence electrons. The molecule has 2 aliphatic heterocycles. The molecule has 0 aromatic heterocycles. The standard InChI is InChI=1S/C38H40O8/c39-34-21-32(26-41-34)45-38-37(44-25-31-19-11-4-12-20-31)36(43-24-30-17-9-3-10-18-30)35(42-23-29-15-7-2-8-16-29)33(46-38)27-40-22-28-13-5-1-6-14-28/h1-20,32-33,35-38H,21-27H2/t32-,33-,35-,36+,37-,38-/m1/s1. The van der Waals surface area contributed by atoms with E-state index in [1.165, 1.54) is 0 Å². The zero-order chi connectivity index (χ0) is 31.4. The maximum atomic E-state index is 12.0. The molecule has 46 heavy (non-hydrogen) atoms. The molecule has 2 aliphatic rings. The van der Waals surface area contributed by atoms with Gasteiger partial charge in [-0.15, -0.1) is 0 Å². The minimum atomic E-state index is -0.870. The summed E-state index contributed by atoms with van der Waals surface area (Å²) in [6.07, 6.45) is -3.62. The van der Waals surface area contributed by atoms with Crippen LogP contribution in [0.4, 0.5) is 0 Å². The fraction of sp³-hybridized carbons (Fsp3) is 0.342. The van der Waals surface area contributed by atoms with E-state index in [1.807, 2.05) is 121 Å². The Bertz CT molecular complexity index is 1450. The average molecular weight is 625 g/mol. The van der Waals surface area contributed by atoms with E-state index in [0.29, 0.717) is 26.4 Å². The minimum Gasteiger partial charge on any atom is -0.463 e. The van der Waals surface area contributed by atoms with Crippen LogP contribution in [0.3, 0.4) is 0 Å². The quantitative estimate of drug-likeness (QED) is 0.149. The first-order chi connectivity index (χ1) is 22.7. The van der Waals surface area contributed by atoms with Crippen LogP contribution in [0.1, 0.15) is 28.7 Å². The first-order valence-corrected chi connectivity index (χ1v) is 15.8. The summed E-state index contributed by atoms with van der Waals surface area (Å²) in [5.74, 6) is -0.300. The molecule has 6 rings (SSSR count). The summed E-state index contributed by atoms with van der Waals surface area (Å²) < 4.78 is 44.5. The topological polar surface area (TPSA) is 81.7 Å². The Morgan fingerprint density at radius 3 is 1.50 bits per heavy atom. The fourth-order valence-electron chi connectivity index (χ4n) is 5.62. The zero-order valence-corrected chi connectivity index (χ0v) is 25.7. The summed E-state index contributed by atoms with van der Waals surface area (Å²) in [7, 11) is 0. The summed E-state index contributed by atoms with van der Waals surface area (Å²) in [6, 6.07) is 39.9. The summed E-state index contributed by atoms with van der Waals surface area (Å²) >= 11 is 0. The van der Waals surface area contributed by atoms with Gasteiger partial charge in [-0.1, -0.05) is 121 Å². The smallest absolute Gasteiger partial charge is 0.308 e. The summed E-state index contributed by atoms with van der Waals surface area (Å²) in [6.45, 7) is 1.77. The van der Waals surface area contributed by atoms with Crippen LogP contribution in [0.5, 0.6) is 0 Å². The third-order valence-corrected chi connectivity index (χ3v) is 7.99. The normalized spacial score (nSPS) is 24.5. The zero-order valence-electron chi connectivity index (χ0n) is 25.7. The molecule has 2 fully saturated rings. The molecule has 4 aromatic rings. The number of carbonyl (C=O) groups is 1. The first-order valence-electron chi connectivity index (χ1n) is 15.8. The molecule has 8 nitrogen and oxygen atoms in total. The number of esters is 1. The first kappa shape index (κ1) is 32.1. The highest BCUT2D eigenvalue weighted by atomic mass is 16.7. The Balaban J connectivity index is 1.29. The van der Waals surface area contributed by atoms with Crippen LogP contribution in [0.15, 0.2) is 121 Å². The molecule has 0 amide bonds. The SMILES string of the molecule is O=C1C[C@@H](O[C@@H]2O[C@H](COCc3ccccc3)[C@@H](OCc3ccccc3)[C@H](OCc3ccccc3)[C@H]2OCc2ccccc2)CO1. The van der Waals surface area contributed by atoms with Gasteiger partial charge in [0.05, 0.1) is 39.5 Å². The second-order valence-corrected chi connectivity index (χ2v) is 11.5. The van der Waals surface area contributed by atoms with Crippen molar-refractivity contribution in [1.82, 2.24) is 0 Å². The Labute approximate surface area is 270 Å². The number of cyclic esters (lactones) is 1. The van der Waals surface area contributed by atoms with Crippen LogP contribution < -0.4 is 0 Å². The third kappa shape index (κ3) is 9.10. The highest BCUT2D eigenvalue weighted by Crippen LogP contribution is 2.33. The molecule has 0 spiro atoms. The highest BCUT2D eigenvalue weighted by molar-refractivity contribution is 5.71. The van der Waals surface area contributed by atoms with Gasteiger partial charge in [-0.2, -0.15) is 0 Å². The van der Waals surface area contributed by atoms with Gasteiger partial charge in [-0.3, -0.25) is 4.79 Å². The molecule has 2 saturated heterocycles. The van der Waals surface area contributed by atoms with Crippen molar-refractivity contribution in [3.8, 4) is 0 Å². The number of benzene rings is 4. The van der Waals surface area contributed by atoms with Crippen LogP contribution in [0.2, 0.25) is 0 Å². The largest absolute Gasteiger partial charge is 0.463 e. The lowest BCUT2D eigenvalue weighted by Gasteiger charge is -2.46. The number of hydrogen-bond donors (Lipinski definition) is 0. The predicted molar refractivity (Wildman–Crippen MR) is 170 cm³/mol. The van der Waals surface area contributed by atoms with Crippen LogP contribution in [0, 0.1) is 0 Å². The number of carbonyl (C=O) groups excluding carboxylic acids is 1. The molecule has 6 atom stereocenters. The van der Waals surface area contributed by atoms with Gasteiger partial charge in [0.15, 0.2) is 6.29 Å². The van der Waals surface area contributed by atoms with Gasteiger partial charge < -0.3 is 33.2 Å². The lowest BCUT2D eigenvalue weighted by molar-refractivity contribution is -0.335. The Kier molecular flexibility index (Phi) is 11.6. The molecule has 4 aromatic carbocycles. The van der Waals surface area contributed by atoms with Crippen molar-refractivity contribution >= 4 is 5.97 Å². The van der Waals surface area contributed by atoms with E-state index in [9.17, 15) is 4.79 Å². The highest BCUT2D eigenvalue weighted by Gasteiger charge is 2.50. The van der Waals surface area contributed by atoms with Gasteiger partial charge in [-0.25, -0.2) is 0 Å². The Morgan fingerprint density at radius 1 is 0.565 bits per heavy atom. The molecular weight excluding hydrogens is 584 g/mol. The van der Waals surface area contributed by atoms with Crippen molar-refractivity contribution < 1.29 is 38.0 Å². The molecule has 0 aliphatic carbocycles. The van der Waals surface area contributed by atoms with Gasteiger partial charge in [0.2, 0.25) is 0 Å². The van der Waals surface area contributed by atoms with Crippen molar-refractivity contribution in [1.29, 1.82) is 0 Å². The number of rotatable bonds is 15. The molecule has 0 saturated carbocycles. The van der Waals surface area contributed by atoms with Gasteiger partial charge in [-0.05, 0) is 22.3 Å². The molecule has 8 heteroatoms. The van der Waals surface area contributed by atoms with Crippen LogP contribution in [-0.4, -0.2) is 56.0 Å². The van der Waals surface area contributed by atoms with Crippen molar-refractivity contribution in [3.63, 3.8) is 0 Å². The minimum absolute atomic E-state index is 0.143. The summed E-state index contributed by atoms with van der Waals surface area (Å²) in [5, 5.41) is 0. The molecule has 0 unspecified atom stereocenters. The Morgan fingerprint density at radius 2 is 1.02 bits per heavy atom. The van der Waals surface area contributed by atoms with Crippen molar-refractivity contribution in [2.24, 2.45) is 0 Å². The maximum Gasteiger partial charge on any atom is 0.308 e. The summed E-state index contributed by atoms with van der Waals surface area (Å²) in [5.41, 5.74) is 4.09. The molecule has 0 radical (unpaired) electrons. The van der Waals surface area contributed by atoms with E-state index in [0.717, 1.165) is 22.3 Å². The van der Waals surface area contributed by atoms with Gasteiger partial charge in [0.1, 0.15) is 37.1 Å². The summed E-state index contributed by atoms with van der Waals surface area (Å²) in [4.78, 5) is 12.0. The van der Waals surface area contributed by atoms with Crippen molar-refractivity contribution in [2.45, 2.75) is 69.7 Å². The van der Waals surface area contributed by atoms with E-state index >= 15 is 0 Å². The van der Waals surface area contributed by atoms with Gasteiger partial charge in [0, 0.05) is 0 Å². The maximum absolute atomic E-state index is 12.0. The number of hydrogen-bond acceptors (Lipinski definition) is 8. The van der Waals surface area contributed by atoms with Crippen LogP contribution in [-0.2, 0) is 64.4 Å². The molecule has 0 bridgehead atoms. The van der Waals surface area contributed by atoms with E-state index in [1.54, 1.807) is 0 Å². The van der Waals surface area contributed by atoms with E-state index in [-0.39, 0.29) is 25.6 Å². The van der Waals surface area contributed by atoms with Crippen LogP contribution in [0.25, 0.3) is 0 Å². The average Bonchev–Trinajstić information content (AvgIpc) is 3.52. The van der Waals surface area contributed by atoms with E-state index < -0.39 is 36.8 Å². The van der Waals surface area contributed by atoms with E-state index in [4.69, 9.17) is 33.2 Å². The molecular formula is C38H40O8. The van der Waals surface area contributed by atoms with Crippen LogP contribution >= 0.6 is 0 Å². The predicted octanol–water partition coefficient (Wildman–Crippen LogP) is 6.02.